The normalized spacial score (nSPS) is 10.3. The summed E-state index contributed by atoms with van der Waals surface area (Å²) in [5, 5.41) is 0.408. The summed E-state index contributed by atoms with van der Waals surface area (Å²) < 4.78 is 0. The van der Waals surface area contributed by atoms with Crippen molar-refractivity contribution in [1.82, 2.24) is 9.97 Å². The molecule has 1 aromatic carbocycles. The highest BCUT2D eigenvalue weighted by Gasteiger charge is 2.12. The monoisotopic (exact) mass is 235 g/mol. The SMILES string of the molecule is Nc1ccc(Cl)c(C(=O)Cc2ncc[nH]2)c1. The van der Waals surface area contributed by atoms with Crippen molar-refractivity contribution in [3.8, 4) is 0 Å². The Kier molecular flexibility index (Phi) is 2.92. The van der Waals surface area contributed by atoms with Gasteiger partial charge in [0.15, 0.2) is 5.78 Å². The van der Waals surface area contributed by atoms with Crippen LogP contribution in [0.15, 0.2) is 30.6 Å². The number of nitrogen functional groups attached to an aromatic ring is 1. The number of nitrogens with two attached hydrogens (primary N) is 1. The largest absolute Gasteiger partial charge is 0.399 e. The number of aromatic amines is 1. The minimum Gasteiger partial charge on any atom is -0.399 e. The van der Waals surface area contributed by atoms with Crippen LogP contribution in [-0.2, 0) is 6.42 Å². The summed E-state index contributed by atoms with van der Waals surface area (Å²) in [6, 6.07) is 4.85. The first-order chi connectivity index (χ1) is 7.66. The Morgan fingerprint density at radius 2 is 2.31 bits per heavy atom. The summed E-state index contributed by atoms with van der Waals surface area (Å²) in [5.41, 5.74) is 6.55. The van der Waals surface area contributed by atoms with Crippen LogP contribution in [0.25, 0.3) is 0 Å². The minimum absolute atomic E-state index is 0.104. The molecule has 0 bridgehead atoms. The van der Waals surface area contributed by atoms with E-state index >= 15 is 0 Å². The van der Waals surface area contributed by atoms with Crippen molar-refractivity contribution in [2.75, 3.05) is 5.73 Å². The number of imidazole rings is 1. The first kappa shape index (κ1) is 10.7. The molecule has 0 aliphatic heterocycles. The van der Waals surface area contributed by atoms with Crippen LogP contribution in [0.2, 0.25) is 5.02 Å². The van der Waals surface area contributed by atoms with Crippen LogP contribution in [0, 0.1) is 0 Å². The van der Waals surface area contributed by atoms with Gasteiger partial charge in [-0.15, -0.1) is 0 Å². The minimum atomic E-state index is -0.104. The van der Waals surface area contributed by atoms with E-state index in [1.165, 1.54) is 0 Å². The molecule has 0 saturated heterocycles. The van der Waals surface area contributed by atoms with Crippen LogP contribution in [0.5, 0.6) is 0 Å². The molecule has 1 heterocycles. The number of carbonyl (C=O) groups is 1. The maximum atomic E-state index is 11.9. The highest BCUT2D eigenvalue weighted by molar-refractivity contribution is 6.34. The Balaban J connectivity index is 2.24. The van der Waals surface area contributed by atoms with Crippen LogP contribution in [0.3, 0.4) is 0 Å². The fraction of sp³-hybridized carbons (Fsp3) is 0.0909. The van der Waals surface area contributed by atoms with E-state index in [0.717, 1.165) is 0 Å². The molecule has 5 heteroatoms. The molecular formula is C11H10ClN3O. The number of halogens is 1. The Hall–Kier alpha value is -1.81. The molecule has 0 spiro atoms. The van der Waals surface area contributed by atoms with Crippen molar-refractivity contribution in [2.45, 2.75) is 6.42 Å². The molecular weight excluding hydrogens is 226 g/mol. The van der Waals surface area contributed by atoms with Crippen molar-refractivity contribution < 1.29 is 4.79 Å². The topological polar surface area (TPSA) is 71.8 Å². The highest BCUT2D eigenvalue weighted by atomic mass is 35.5. The number of hydrogen-bond donors (Lipinski definition) is 2. The molecule has 0 unspecified atom stereocenters. The van der Waals surface area contributed by atoms with Crippen molar-refractivity contribution >= 4 is 23.1 Å². The van der Waals surface area contributed by atoms with Crippen LogP contribution >= 0.6 is 11.6 Å². The molecule has 16 heavy (non-hydrogen) atoms. The predicted octanol–water partition coefficient (Wildman–Crippen LogP) is 2.07. The van der Waals surface area contributed by atoms with Gasteiger partial charge in [-0.3, -0.25) is 4.79 Å². The van der Waals surface area contributed by atoms with Crippen LogP contribution in [0.1, 0.15) is 16.2 Å². The molecule has 82 valence electrons. The Morgan fingerprint density at radius 1 is 1.50 bits per heavy atom. The zero-order chi connectivity index (χ0) is 11.5. The standard InChI is InChI=1S/C11H10ClN3O/c12-9-2-1-7(13)5-8(9)10(16)6-11-14-3-4-15-11/h1-5H,6,13H2,(H,14,15). The second-order valence-corrected chi connectivity index (χ2v) is 3.78. The average molecular weight is 236 g/mol. The molecule has 4 nitrogen and oxygen atoms in total. The van der Waals surface area contributed by atoms with E-state index < -0.39 is 0 Å². The first-order valence-electron chi connectivity index (χ1n) is 4.73. The smallest absolute Gasteiger partial charge is 0.171 e. The number of nitrogens with zero attached hydrogens (tertiary/aromatic N) is 1. The zero-order valence-corrected chi connectivity index (χ0v) is 9.16. The molecule has 0 aliphatic carbocycles. The summed E-state index contributed by atoms with van der Waals surface area (Å²) in [7, 11) is 0. The number of benzene rings is 1. The van der Waals surface area contributed by atoms with Crippen LogP contribution in [0.4, 0.5) is 5.69 Å². The summed E-state index contributed by atoms with van der Waals surface area (Å²) in [4.78, 5) is 18.7. The van der Waals surface area contributed by atoms with Crippen molar-refractivity contribution in [1.29, 1.82) is 0 Å². The fourth-order valence-electron chi connectivity index (χ4n) is 1.40. The van der Waals surface area contributed by atoms with E-state index in [9.17, 15) is 4.79 Å². The number of rotatable bonds is 3. The number of nitrogens with one attached hydrogen (secondary N) is 1. The van der Waals surface area contributed by atoms with Gasteiger partial charge in [0.05, 0.1) is 11.4 Å². The van der Waals surface area contributed by atoms with Gasteiger partial charge in [0.2, 0.25) is 0 Å². The zero-order valence-electron chi connectivity index (χ0n) is 8.40. The molecule has 2 aromatic rings. The van der Waals surface area contributed by atoms with Crippen LogP contribution < -0.4 is 5.73 Å². The van der Waals surface area contributed by atoms with E-state index in [1.54, 1.807) is 30.6 Å². The molecule has 0 amide bonds. The first-order valence-corrected chi connectivity index (χ1v) is 5.11. The molecule has 3 N–H and O–H groups in total. The highest BCUT2D eigenvalue weighted by Crippen LogP contribution is 2.20. The lowest BCUT2D eigenvalue weighted by molar-refractivity contribution is 0.0991. The molecule has 0 fully saturated rings. The van der Waals surface area contributed by atoms with Crippen molar-refractivity contribution in [3.63, 3.8) is 0 Å². The van der Waals surface area contributed by atoms with Gasteiger partial charge in [-0.05, 0) is 18.2 Å². The average Bonchev–Trinajstić information content (AvgIpc) is 2.74. The third-order valence-corrected chi connectivity index (χ3v) is 2.50. The van der Waals surface area contributed by atoms with Crippen molar-refractivity contribution in [3.05, 3.63) is 47.0 Å². The van der Waals surface area contributed by atoms with E-state index in [0.29, 0.717) is 22.1 Å². The summed E-state index contributed by atoms with van der Waals surface area (Å²) in [5.74, 6) is 0.510. The Morgan fingerprint density at radius 3 is 3.00 bits per heavy atom. The number of Topliss-reactive ketones (excluding diaryl/α,β-unsaturated/α-hetero) is 1. The molecule has 2 rings (SSSR count). The van der Waals surface area contributed by atoms with Gasteiger partial charge in [-0.25, -0.2) is 4.98 Å². The van der Waals surface area contributed by atoms with E-state index in [-0.39, 0.29) is 12.2 Å². The molecule has 0 saturated carbocycles. The fourth-order valence-corrected chi connectivity index (χ4v) is 1.62. The third-order valence-electron chi connectivity index (χ3n) is 2.17. The molecule has 0 aliphatic rings. The van der Waals surface area contributed by atoms with E-state index in [4.69, 9.17) is 17.3 Å². The predicted molar refractivity (Wildman–Crippen MR) is 62.5 cm³/mol. The quantitative estimate of drug-likeness (QED) is 0.632. The number of anilines is 1. The number of H-pyrrole nitrogens is 1. The van der Waals surface area contributed by atoms with Gasteiger partial charge >= 0.3 is 0 Å². The molecule has 1 aromatic heterocycles. The second kappa shape index (κ2) is 4.37. The maximum Gasteiger partial charge on any atom is 0.171 e. The van der Waals surface area contributed by atoms with Gasteiger partial charge in [0, 0.05) is 23.6 Å². The lowest BCUT2D eigenvalue weighted by Crippen LogP contribution is -2.06. The van der Waals surface area contributed by atoms with E-state index in [2.05, 4.69) is 9.97 Å². The van der Waals surface area contributed by atoms with Crippen molar-refractivity contribution in [2.24, 2.45) is 0 Å². The molecule has 0 atom stereocenters. The molecule has 0 radical (unpaired) electrons. The summed E-state index contributed by atoms with van der Waals surface area (Å²) in [6.45, 7) is 0. The maximum absolute atomic E-state index is 11.9. The summed E-state index contributed by atoms with van der Waals surface area (Å²) in [6.07, 6.45) is 3.46. The third kappa shape index (κ3) is 2.23. The summed E-state index contributed by atoms with van der Waals surface area (Å²) >= 11 is 5.92. The van der Waals surface area contributed by atoms with Gasteiger partial charge in [-0.2, -0.15) is 0 Å². The number of ketones is 1. The Bertz CT molecular complexity index is 508. The Labute approximate surface area is 97.5 Å². The van der Waals surface area contributed by atoms with Gasteiger partial charge in [0.25, 0.3) is 0 Å². The van der Waals surface area contributed by atoms with Gasteiger partial charge < -0.3 is 10.7 Å². The lowest BCUT2D eigenvalue weighted by Gasteiger charge is -2.03. The lowest BCUT2D eigenvalue weighted by atomic mass is 10.1. The van der Waals surface area contributed by atoms with E-state index in [1.807, 2.05) is 0 Å². The number of hydrogen-bond acceptors (Lipinski definition) is 3. The van der Waals surface area contributed by atoms with Gasteiger partial charge in [0.1, 0.15) is 5.82 Å². The number of carbonyl (C=O) groups excluding carboxylic acids is 1. The number of aromatic nitrogens is 2. The second-order valence-electron chi connectivity index (χ2n) is 3.38. The van der Waals surface area contributed by atoms with Gasteiger partial charge in [-0.1, -0.05) is 11.6 Å². The van der Waals surface area contributed by atoms with Crippen LogP contribution in [-0.4, -0.2) is 15.8 Å².